The highest BCUT2D eigenvalue weighted by Gasteiger charge is 2.20. The van der Waals surface area contributed by atoms with Crippen molar-refractivity contribution >= 4 is 21.4 Å². The summed E-state index contributed by atoms with van der Waals surface area (Å²) in [6.07, 6.45) is 0. The van der Waals surface area contributed by atoms with E-state index in [1.54, 1.807) is 32.0 Å². The molecule has 0 saturated heterocycles. The zero-order valence-electron chi connectivity index (χ0n) is 12.7. The normalized spacial score (nSPS) is 11.4. The van der Waals surface area contributed by atoms with Gasteiger partial charge in [-0.2, -0.15) is 0 Å². The van der Waals surface area contributed by atoms with Gasteiger partial charge in [0, 0.05) is 5.69 Å². The zero-order valence-corrected chi connectivity index (χ0v) is 13.5. The molecule has 0 fully saturated rings. The molecular weight excluding hydrogens is 284 g/mol. The summed E-state index contributed by atoms with van der Waals surface area (Å²) in [5, 5.41) is 0. The van der Waals surface area contributed by atoms with E-state index < -0.39 is 10.0 Å². The molecule has 2 aromatic rings. The Hall–Kier alpha value is -2.01. The van der Waals surface area contributed by atoms with Crippen molar-refractivity contribution in [2.75, 3.05) is 10.5 Å². The summed E-state index contributed by atoms with van der Waals surface area (Å²) >= 11 is 0. The fourth-order valence-electron chi connectivity index (χ4n) is 2.54. The van der Waals surface area contributed by atoms with Crippen LogP contribution in [0.5, 0.6) is 0 Å². The average Bonchev–Trinajstić information content (AvgIpc) is 2.31. The molecule has 112 valence electrons. The molecule has 21 heavy (non-hydrogen) atoms. The lowest BCUT2D eigenvalue weighted by Gasteiger charge is -2.15. The maximum Gasteiger partial charge on any atom is 0.262 e. The van der Waals surface area contributed by atoms with Crippen molar-refractivity contribution in [3.8, 4) is 0 Å². The van der Waals surface area contributed by atoms with Gasteiger partial charge >= 0.3 is 0 Å². The molecule has 0 amide bonds. The molecule has 0 saturated carbocycles. The quantitative estimate of drug-likeness (QED) is 0.855. The van der Waals surface area contributed by atoms with Crippen molar-refractivity contribution in [1.29, 1.82) is 0 Å². The summed E-state index contributed by atoms with van der Waals surface area (Å²) in [6, 6.07) is 8.91. The van der Waals surface area contributed by atoms with Gasteiger partial charge in [0.15, 0.2) is 0 Å². The third kappa shape index (κ3) is 3.19. The molecule has 0 radical (unpaired) electrons. The van der Waals surface area contributed by atoms with Crippen molar-refractivity contribution in [2.24, 2.45) is 0 Å². The Morgan fingerprint density at radius 1 is 0.905 bits per heavy atom. The third-order valence-corrected chi connectivity index (χ3v) is 5.05. The van der Waals surface area contributed by atoms with Gasteiger partial charge in [0.1, 0.15) is 0 Å². The highest BCUT2D eigenvalue weighted by molar-refractivity contribution is 7.92. The van der Waals surface area contributed by atoms with Crippen LogP contribution in [-0.2, 0) is 10.0 Å². The number of hydrogen-bond acceptors (Lipinski definition) is 3. The number of benzene rings is 2. The lowest BCUT2D eigenvalue weighted by atomic mass is 10.1. The number of rotatable bonds is 3. The van der Waals surface area contributed by atoms with Crippen LogP contribution in [0, 0.1) is 27.7 Å². The van der Waals surface area contributed by atoms with Crippen molar-refractivity contribution in [3.63, 3.8) is 0 Å². The molecule has 3 N–H and O–H groups in total. The second kappa shape index (κ2) is 5.41. The Morgan fingerprint density at radius 3 is 2.05 bits per heavy atom. The SMILES string of the molecule is Cc1cc(C)c(S(=O)(=O)Nc2cc(N)ccc2C)c(C)c1. The molecule has 0 heterocycles. The summed E-state index contributed by atoms with van der Waals surface area (Å²) in [4.78, 5) is 0.329. The average molecular weight is 304 g/mol. The molecule has 0 aromatic heterocycles. The minimum atomic E-state index is -3.64. The second-order valence-corrected chi connectivity index (χ2v) is 7.03. The van der Waals surface area contributed by atoms with Crippen molar-refractivity contribution in [2.45, 2.75) is 32.6 Å². The predicted molar refractivity (Wildman–Crippen MR) is 87.1 cm³/mol. The van der Waals surface area contributed by atoms with E-state index in [1.165, 1.54) is 0 Å². The van der Waals surface area contributed by atoms with Crippen LogP contribution in [0.1, 0.15) is 22.3 Å². The molecule has 0 spiro atoms. The number of anilines is 2. The first-order chi connectivity index (χ1) is 9.70. The van der Waals surface area contributed by atoms with Gasteiger partial charge in [-0.15, -0.1) is 0 Å². The largest absolute Gasteiger partial charge is 0.399 e. The first-order valence-electron chi connectivity index (χ1n) is 6.67. The van der Waals surface area contributed by atoms with Gasteiger partial charge in [-0.25, -0.2) is 8.42 Å². The fourth-order valence-corrected chi connectivity index (χ4v) is 4.11. The first kappa shape index (κ1) is 15.4. The number of sulfonamides is 1. The molecule has 0 atom stereocenters. The van der Waals surface area contributed by atoms with Gasteiger partial charge in [-0.3, -0.25) is 4.72 Å². The summed E-state index contributed by atoms with van der Waals surface area (Å²) in [5.74, 6) is 0. The Bertz CT molecular complexity index is 773. The topological polar surface area (TPSA) is 72.2 Å². The van der Waals surface area contributed by atoms with Crippen molar-refractivity contribution < 1.29 is 8.42 Å². The molecule has 0 aliphatic heterocycles. The number of aryl methyl sites for hydroxylation is 4. The Kier molecular flexibility index (Phi) is 3.96. The van der Waals surface area contributed by atoms with Gasteiger partial charge in [0.25, 0.3) is 10.0 Å². The third-order valence-electron chi connectivity index (χ3n) is 3.38. The Morgan fingerprint density at radius 2 is 1.48 bits per heavy atom. The highest BCUT2D eigenvalue weighted by atomic mass is 32.2. The smallest absolute Gasteiger partial charge is 0.262 e. The lowest BCUT2D eigenvalue weighted by Crippen LogP contribution is -2.16. The van der Waals surface area contributed by atoms with Crippen LogP contribution < -0.4 is 10.5 Å². The second-order valence-electron chi connectivity index (χ2n) is 5.41. The summed E-state index contributed by atoms with van der Waals surface area (Å²) < 4.78 is 28.0. The predicted octanol–water partition coefficient (Wildman–Crippen LogP) is 3.30. The van der Waals surface area contributed by atoms with Crippen LogP contribution in [0.25, 0.3) is 0 Å². The summed E-state index contributed by atoms with van der Waals surface area (Å²) in [6.45, 7) is 7.40. The molecule has 0 aliphatic rings. The van der Waals surface area contributed by atoms with E-state index in [-0.39, 0.29) is 0 Å². The molecule has 4 nitrogen and oxygen atoms in total. The molecule has 0 aliphatic carbocycles. The molecule has 0 bridgehead atoms. The monoisotopic (exact) mass is 304 g/mol. The first-order valence-corrected chi connectivity index (χ1v) is 8.16. The van der Waals surface area contributed by atoms with Crippen LogP contribution in [0.4, 0.5) is 11.4 Å². The van der Waals surface area contributed by atoms with Crippen molar-refractivity contribution in [1.82, 2.24) is 0 Å². The van der Waals surface area contributed by atoms with E-state index in [0.29, 0.717) is 16.3 Å². The van der Waals surface area contributed by atoms with Crippen LogP contribution >= 0.6 is 0 Å². The van der Waals surface area contributed by atoms with E-state index in [4.69, 9.17) is 5.73 Å². The molecule has 2 aromatic carbocycles. The lowest BCUT2D eigenvalue weighted by molar-refractivity contribution is 0.600. The van der Waals surface area contributed by atoms with Gasteiger partial charge in [0.2, 0.25) is 0 Å². The van der Waals surface area contributed by atoms with Gasteiger partial charge < -0.3 is 5.73 Å². The van der Waals surface area contributed by atoms with Gasteiger partial charge in [-0.1, -0.05) is 23.8 Å². The van der Waals surface area contributed by atoms with Crippen LogP contribution in [0.2, 0.25) is 0 Å². The molecule has 0 unspecified atom stereocenters. The van der Waals surface area contributed by atoms with E-state index in [1.807, 2.05) is 26.0 Å². The van der Waals surface area contributed by atoms with E-state index in [9.17, 15) is 8.42 Å². The van der Waals surface area contributed by atoms with E-state index >= 15 is 0 Å². The fraction of sp³-hybridized carbons (Fsp3) is 0.250. The highest BCUT2D eigenvalue weighted by Crippen LogP contribution is 2.26. The summed E-state index contributed by atoms with van der Waals surface area (Å²) in [5.41, 5.74) is 10.1. The van der Waals surface area contributed by atoms with Crippen molar-refractivity contribution in [3.05, 3.63) is 52.6 Å². The minimum Gasteiger partial charge on any atom is -0.399 e. The minimum absolute atomic E-state index is 0.329. The van der Waals surface area contributed by atoms with Crippen LogP contribution in [0.3, 0.4) is 0 Å². The van der Waals surface area contributed by atoms with Crippen LogP contribution in [-0.4, -0.2) is 8.42 Å². The Balaban J connectivity index is 2.51. The molecule has 2 rings (SSSR count). The number of nitrogens with two attached hydrogens (primary N) is 1. The summed E-state index contributed by atoms with van der Waals surface area (Å²) in [7, 11) is -3.64. The molecule has 5 heteroatoms. The van der Waals surface area contributed by atoms with Crippen LogP contribution in [0.15, 0.2) is 35.2 Å². The molecular formula is C16H20N2O2S. The van der Waals surface area contributed by atoms with E-state index in [0.717, 1.165) is 22.3 Å². The van der Waals surface area contributed by atoms with E-state index in [2.05, 4.69) is 4.72 Å². The van der Waals surface area contributed by atoms with Gasteiger partial charge in [-0.05, 0) is 56.5 Å². The maximum absolute atomic E-state index is 12.7. The number of nitrogen functional groups attached to an aromatic ring is 1. The number of nitrogens with one attached hydrogen (secondary N) is 1. The standard InChI is InChI=1S/C16H20N2O2S/c1-10-7-12(3)16(13(4)8-10)21(19,20)18-15-9-14(17)6-5-11(15)2/h5-9,18H,17H2,1-4H3. The van der Waals surface area contributed by atoms with Gasteiger partial charge in [0.05, 0.1) is 10.6 Å². The number of hydrogen-bond donors (Lipinski definition) is 2. The maximum atomic E-state index is 12.7. The Labute approximate surface area is 126 Å². The zero-order chi connectivity index (χ0) is 15.8.